The summed E-state index contributed by atoms with van der Waals surface area (Å²) in [5.41, 5.74) is 1.66. The Balaban J connectivity index is 1.76. The quantitative estimate of drug-likeness (QED) is 0.537. The number of methoxy groups -OCH3 is 1. The van der Waals surface area contributed by atoms with Gasteiger partial charge in [-0.25, -0.2) is 21.6 Å². The summed E-state index contributed by atoms with van der Waals surface area (Å²) >= 11 is 0. The second-order valence-corrected chi connectivity index (χ2v) is 9.98. The molecule has 1 aromatic rings. The van der Waals surface area contributed by atoms with E-state index in [4.69, 9.17) is 0 Å². The molecular weight excluding hydrogens is 427 g/mol. The van der Waals surface area contributed by atoms with Crippen LogP contribution in [0.15, 0.2) is 58.0 Å². The third-order valence-electron chi connectivity index (χ3n) is 6.14. The van der Waals surface area contributed by atoms with Gasteiger partial charge in [-0.05, 0) is 66.0 Å². The van der Waals surface area contributed by atoms with E-state index in [1.807, 2.05) is 0 Å². The molecule has 162 valence electrons. The topological polar surface area (TPSA) is 43.4 Å². The molecule has 1 unspecified atom stereocenters. The first-order valence-electron chi connectivity index (χ1n) is 9.37. The average molecular weight is 446 g/mol. The van der Waals surface area contributed by atoms with Crippen molar-refractivity contribution in [3.05, 3.63) is 58.7 Å². The van der Waals surface area contributed by atoms with Gasteiger partial charge in [0.05, 0.1) is 11.3 Å². The van der Waals surface area contributed by atoms with Gasteiger partial charge in [0.1, 0.15) is 5.83 Å². The molecule has 0 heterocycles. The van der Waals surface area contributed by atoms with E-state index in [9.17, 15) is 30.4 Å². The van der Waals surface area contributed by atoms with Crippen molar-refractivity contribution in [1.82, 2.24) is 0 Å². The Hall–Kier alpha value is -2.00. The van der Waals surface area contributed by atoms with Crippen LogP contribution in [-0.2, 0) is 14.6 Å². The molecule has 3 aliphatic carbocycles. The summed E-state index contributed by atoms with van der Waals surface area (Å²) < 4.78 is 96.7. The number of rotatable bonds is 5. The Morgan fingerprint density at radius 2 is 1.60 bits per heavy atom. The Morgan fingerprint density at radius 3 is 2.13 bits per heavy atom. The first kappa shape index (κ1) is 21.2. The molecule has 1 saturated carbocycles. The number of alkyl halides is 3. The predicted octanol–water partition coefficient (Wildman–Crippen LogP) is 5.80. The monoisotopic (exact) mass is 446 g/mol. The van der Waals surface area contributed by atoms with Crippen LogP contribution < -0.4 is 0 Å². The molecular formula is C21H19F5O3S. The number of benzene rings is 1. The van der Waals surface area contributed by atoms with Crippen molar-refractivity contribution in [2.24, 2.45) is 5.41 Å². The SMILES string of the molecule is COC1(F)CC(F)=C(C2=C(c3ccc(S(=O)(=O)C(F)F)cc3)CC3(CC3)C2)C=C1F. The minimum absolute atomic E-state index is 0.0270. The van der Waals surface area contributed by atoms with Gasteiger partial charge in [-0.2, -0.15) is 8.78 Å². The first-order chi connectivity index (χ1) is 14.0. The lowest BCUT2D eigenvalue weighted by Gasteiger charge is -2.26. The maximum absolute atomic E-state index is 14.8. The van der Waals surface area contributed by atoms with E-state index in [0.29, 0.717) is 29.6 Å². The minimum Gasteiger partial charge on any atom is -0.344 e. The van der Waals surface area contributed by atoms with Crippen LogP contribution in [0.25, 0.3) is 5.57 Å². The van der Waals surface area contributed by atoms with Gasteiger partial charge in [0.15, 0.2) is 5.83 Å². The number of allylic oxidation sites excluding steroid dienone is 4. The van der Waals surface area contributed by atoms with Crippen molar-refractivity contribution in [3.63, 3.8) is 0 Å². The molecule has 0 radical (unpaired) electrons. The van der Waals surface area contributed by atoms with E-state index in [0.717, 1.165) is 38.2 Å². The molecule has 9 heteroatoms. The molecule has 0 aliphatic heterocycles. The van der Waals surface area contributed by atoms with Crippen LogP contribution in [0, 0.1) is 5.41 Å². The molecule has 0 amide bonds. The molecule has 0 saturated heterocycles. The Kier molecular flexibility index (Phi) is 4.97. The largest absolute Gasteiger partial charge is 0.344 e. The zero-order valence-corrected chi connectivity index (χ0v) is 16.8. The fourth-order valence-corrected chi connectivity index (χ4v) is 4.87. The maximum atomic E-state index is 14.8. The molecule has 0 bridgehead atoms. The molecule has 0 aromatic heterocycles. The zero-order chi connectivity index (χ0) is 21.9. The molecule has 1 atom stereocenters. The van der Waals surface area contributed by atoms with Crippen LogP contribution >= 0.6 is 0 Å². The highest BCUT2D eigenvalue weighted by molar-refractivity contribution is 7.91. The summed E-state index contributed by atoms with van der Waals surface area (Å²) in [6.45, 7) is 0. The van der Waals surface area contributed by atoms with Gasteiger partial charge in [0, 0.05) is 12.7 Å². The van der Waals surface area contributed by atoms with Crippen LogP contribution in [-0.4, -0.2) is 27.1 Å². The van der Waals surface area contributed by atoms with Crippen molar-refractivity contribution < 1.29 is 35.1 Å². The molecule has 3 nitrogen and oxygen atoms in total. The second kappa shape index (κ2) is 7.02. The lowest BCUT2D eigenvalue weighted by Crippen LogP contribution is -2.29. The number of hydrogen-bond donors (Lipinski definition) is 0. The molecule has 4 rings (SSSR count). The fraction of sp³-hybridized carbons (Fsp3) is 0.429. The minimum atomic E-state index is -4.73. The van der Waals surface area contributed by atoms with E-state index in [-0.39, 0.29) is 11.0 Å². The van der Waals surface area contributed by atoms with E-state index in [2.05, 4.69) is 4.74 Å². The molecule has 3 aliphatic rings. The Labute approximate surface area is 170 Å². The average Bonchev–Trinajstić information content (AvgIpc) is 3.35. The highest BCUT2D eigenvalue weighted by Crippen LogP contribution is 2.63. The normalized spacial score (nSPS) is 26.0. The van der Waals surface area contributed by atoms with Crippen molar-refractivity contribution in [2.45, 2.75) is 48.6 Å². The number of halogens is 5. The van der Waals surface area contributed by atoms with Gasteiger partial charge < -0.3 is 4.74 Å². The van der Waals surface area contributed by atoms with Crippen molar-refractivity contribution in [3.8, 4) is 0 Å². The van der Waals surface area contributed by atoms with E-state index >= 15 is 0 Å². The summed E-state index contributed by atoms with van der Waals surface area (Å²) in [5, 5.41) is 0. The maximum Gasteiger partial charge on any atom is 0.341 e. The lowest BCUT2D eigenvalue weighted by atomic mass is 9.90. The molecule has 1 fully saturated rings. The zero-order valence-electron chi connectivity index (χ0n) is 16.0. The second-order valence-electron chi connectivity index (χ2n) is 8.06. The van der Waals surface area contributed by atoms with Crippen LogP contribution in [0.4, 0.5) is 22.0 Å². The molecule has 1 spiro atoms. The van der Waals surface area contributed by atoms with Gasteiger partial charge in [0.2, 0.25) is 9.84 Å². The van der Waals surface area contributed by atoms with E-state index in [1.165, 1.54) is 12.1 Å². The fourth-order valence-electron chi connectivity index (χ4n) is 4.15. The third kappa shape index (κ3) is 3.41. The summed E-state index contributed by atoms with van der Waals surface area (Å²) in [4.78, 5) is -0.515. The van der Waals surface area contributed by atoms with E-state index in [1.54, 1.807) is 0 Å². The Morgan fingerprint density at radius 1 is 1.00 bits per heavy atom. The summed E-state index contributed by atoms with van der Waals surface area (Å²) in [6.07, 6.45) is 2.80. The highest BCUT2D eigenvalue weighted by Gasteiger charge is 2.50. The summed E-state index contributed by atoms with van der Waals surface area (Å²) in [6, 6.07) is 4.95. The van der Waals surface area contributed by atoms with Crippen molar-refractivity contribution in [2.75, 3.05) is 7.11 Å². The smallest absolute Gasteiger partial charge is 0.341 e. The van der Waals surface area contributed by atoms with Gasteiger partial charge in [-0.1, -0.05) is 12.1 Å². The van der Waals surface area contributed by atoms with Crippen LogP contribution in [0.2, 0.25) is 0 Å². The molecule has 0 N–H and O–H groups in total. The standard InChI is InChI=1S/C21H19F5O3S/c1-29-21(26)11-17(22)14(8-18(21)23)16-10-20(6-7-20)9-15(16)12-2-4-13(5-3-12)30(27,28)19(24)25/h2-5,8,19H,6-7,9-11H2,1H3. The van der Waals surface area contributed by atoms with Gasteiger partial charge in [-0.3, -0.25) is 0 Å². The van der Waals surface area contributed by atoms with Crippen molar-refractivity contribution >= 4 is 15.4 Å². The van der Waals surface area contributed by atoms with Crippen LogP contribution in [0.5, 0.6) is 0 Å². The van der Waals surface area contributed by atoms with Gasteiger partial charge >= 0.3 is 5.76 Å². The molecule has 1 aromatic carbocycles. The summed E-state index contributed by atoms with van der Waals surface area (Å²) in [5.74, 6) is -8.42. The lowest BCUT2D eigenvalue weighted by molar-refractivity contribution is -0.107. The highest BCUT2D eigenvalue weighted by atomic mass is 32.2. The predicted molar refractivity (Wildman–Crippen MR) is 100 cm³/mol. The number of hydrogen-bond acceptors (Lipinski definition) is 3. The van der Waals surface area contributed by atoms with Gasteiger partial charge in [-0.15, -0.1) is 0 Å². The molecule has 30 heavy (non-hydrogen) atoms. The number of ether oxygens (including phenoxy) is 1. The van der Waals surface area contributed by atoms with E-state index < -0.39 is 44.4 Å². The van der Waals surface area contributed by atoms with Crippen LogP contribution in [0.3, 0.4) is 0 Å². The number of sulfone groups is 1. The Bertz CT molecular complexity index is 1080. The van der Waals surface area contributed by atoms with Crippen molar-refractivity contribution in [1.29, 1.82) is 0 Å². The first-order valence-corrected chi connectivity index (χ1v) is 10.9. The van der Waals surface area contributed by atoms with Gasteiger partial charge in [0.25, 0.3) is 5.85 Å². The van der Waals surface area contributed by atoms with Crippen LogP contribution in [0.1, 0.15) is 37.7 Å². The third-order valence-corrected chi connectivity index (χ3v) is 7.54. The summed E-state index contributed by atoms with van der Waals surface area (Å²) in [7, 11) is -3.77.